The summed E-state index contributed by atoms with van der Waals surface area (Å²) >= 11 is 0. The van der Waals surface area contributed by atoms with Gasteiger partial charge in [0.05, 0.1) is 5.92 Å². The van der Waals surface area contributed by atoms with Gasteiger partial charge in [0.2, 0.25) is 11.8 Å². The third-order valence-electron chi connectivity index (χ3n) is 5.86. The molecular formula is C22H24FN3O2. The predicted molar refractivity (Wildman–Crippen MR) is 107 cm³/mol. The molecule has 0 aromatic heterocycles. The molecule has 2 aromatic carbocycles. The van der Waals surface area contributed by atoms with Crippen LogP contribution in [0.5, 0.6) is 0 Å². The number of carbonyl (C=O) groups is 2. The molecule has 1 N–H and O–H groups in total. The highest BCUT2D eigenvalue weighted by atomic mass is 19.1. The van der Waals surface area contributed by atoms with Crippen LogP contribution in [0.25, 0.3) is 0 Å². The zero-order valence-corrected chi connectivity index (χ0v) is 16.2. The standard InChI is InChI=1S/C22H24FN3O2/c1-14-4-3-5-20(15(14)2)25-8-10-26(11-9-25)22(28)18-13-21(27)24-19-12-16(23)6-7-17(18)19/h3-7,12,18H,8-11,13H2,1-2H3,(H,24,27). The first-order valence-electron chi connectivity index (χ1n) is 9.63. The lowest BCUT2D eigenvalue weighted by Crippen LogP contribution is -2.51. The van der Waals surface area contributed by atoms with E-state index in [0.717, 1.165) is 13.1 Å². The second-order valence-electron chi connectivity index (χ2n) is 7.57. The minimum Gasteiger partial charge on any atom is -0.368 e. The van der Waals surface area contributed by atoms with Gasteiger partial charge in [0, 0.05) is 44.0 Å². The summed E-state index contributed by atoms with van der Waals surface area (Å²) in [6, 6.07) is 10.5. The Morgan fingerprint density at radius 1 is 1.11 bits per heavy atom. The summed E-state index contributed by atoms with van der Waals surface area (Å²) in [7, 11) is 0. The van der Waals surface area contributed by atoms with Gasteiger partial charge in [-0.3, -0.25) is 9.59 Å². The van der Waals surface area contributed by atoms with Gasteiger partial charge < -0.3 is 15.1 Å². The quantitative estimate of drug-likeness (QED) is 0.869. The van der Waals surface area contributed by atoms with Crippen molar-refractivity contribution in [2.75, 3.05) is 36.4 Å². The average molecular weight is 381 g/mol. The fraction of sp³-hybridized carbons (Fsp3) is 0.364. The number of nitrogens with zero attached hydrogens (tertiary/aromatic N) is 2. The second-order valence-corrected chi connectivity index (χ2v) is 7.57. The fourth-order valence-electron chi connectivity index (χ4n) is 4.12. The van der Waals surface area contributed by atoms with E-state index in [9.17, 15) is 14.0 Å². The summed E-state index contributed by atoms with van der Waals surface area (Å²) in [6.07, 6.45) is 0.106. The van der Waals surface area contributed by atoms with Crippen molar-refractivity contribution in [2.24, 2.45) is 0 Å². The minimum atomic E-state index is -0.545. The number of hydrogen-bond donors (Lipinski definition) is 1. The van der Waals surface area contributed by atoms with Gasteiger partial charge in [-0.15, -0.1) is 0 Å². The van der Waals surface area contributed by atoms with E-state index in [0.29, 0.717) is 24.3 Å². The number of piperazine rings is 1. The molecule has 0 saturated carbocycles. The second kappa shape index (κ2) is 7.26. The summed E-state index contributed by atoms with van der Waals surface area (Å²) in [5, 5.41) is 2.67. The molecule has 2 heterocycles. The summed E-state index contributed by atoms with van der Waals surface area (Å²) in [5.74, 6) is -1.26. The van der Waals surface area contributed by atoms with Crippen LogP contribution >= 0.6 is 0 Å². The molecule has 5 nitrogen and oxygen atoms in total. The van der Waals surface area contributed by atoms with E-state index in [2.05, 4.69) is 42.3 Å². The number of hydrogen-bond acceptors (Lipinski definition) is 3. The lowest BCUT2D eigenvalue weighted by molar-refractivity contribution is -0.135. The van der Waals surface area contributed by atoms with Crippen LogP contribution in [0.15, 0.2) is 36.4 Å². The topological polar surface area (TPSA) is 52.7 Å². The number of carbonyl (C=O) groups excluding carboxylic acids is 2. The van der Waals surface area contributed by atoms with Crippen molar-refractivity contribution in [3.8, 4) is 0 Å². The van der Waals surface area contributed by atoms with E-state index in [1.54, 1.807) is 6.07 Å². The van der Waals surface area contributed by atoms with Gasteiger partial charge in [0.1, 0.15) is 5.82 Å². The number of amides is 2. The van der Waals surface area contributed by atoms with Crippen LogP contribution in [0.2, 0.25) is 0 Å². The van der Waals surface area contributed by atoms with Crippen LogP contribution in [0, 0.1) is 19.7 Å². The van der Waals surface area contributed by atoms with Gasteiger partial charge in [-0.25, -0.2) is 4.39 Å². The first-order valence-corrected chi connectivity index (χ1v) is 9.63. The Hall–Kier alpha value is -2.89. The smallest absolute Gasteiger partial charge is 0.230 e. The number of nitrogens with one attached hydrogen (secondary N) is 1. The molecule has 2 amide bonds. The van der Waals surface area contributed by atoms with Gasteiger partial charge in [-0.05, 0) is 48.7 Å². The number of anilines is 2. The average Bonchev–Trinajstić information content (AvgIpc) is 2.69. The van der Waals surface area contributed by atoms with E-state index in [1.807, 2.05) is 4.90 Å². The SMILES string of the molecule is Cc1cccc(N2CCN(C(=O)C3CC(=O)Nc4cc(F)ccc43)CC2)c1C. The lowest BCUT2D eigenvalue weighted by atomic mass is 9.89. The highest BCUT2D eigenvalue weighted by molar-refractivity contribution is 6.01. The predicted octanol–water partition coefficient (Wildman–Crippen LogP) is 3.22. The van der Waals surface area contributed by atoms with Gasteiger partial charge in [-0.2, -0.15) is 0 Å². The zero-order chi connectivity index (χ0) is 19.8. The van der Waals surface area contributed by atoms with Crippen LogP contribution in [-0.4, -0.2) is 42.9 Å². The first-order chi connectivity index (χ1) is 13.4. The zero-order valence-electron chi connectivity index (χ0n) is 16.2. The summed E-state index contributed by atoms with van der Waals surface area (Å²) in [6.45, 7) is 6.96. The highest BCUT2D eigenvalue weighted by Crippen LogP contribution is 2.34. The van der Waals surface area contributed by atoms with E-state index in [4.69, 9.17) is 0 Å². The maximum atomic E-state index is 13.5. The molecule has 6 heteroatoms. The van der Waals surface area contributed by atoms with E-state index in [1.165, 1.54) is 28.9 Å². The van der Waals surface area contributed by atoms with Gasteiger partial charge in [0.25, 0.3) is 0 Å². The van der Waals surface area contributed by atoms with Crippen molar-refractivity contribution < 1.29 is 14.0 Å². The Morgan fingerprint density at radius 3 is 2.61 bits per heavy atom. The van der Waals surface area contributed by atoms with Gasteiger partial charge in [-0.1, -0.05) is 18.2 Å². The molecule has 0 bridgehead atoms. The van der Waals surface area contributed by atoms with Gasteiger partial charge >= 0.3 is 0 Å². The van der Waals surface area contributed by atoms with E-state index >= 15 is 0 Å². The summed E-state index contributed by atoms with van der Waals surface area (Å²) < 4.78 is 13.5. The van der Waals surface area contributed by atoms with Crippen LogP contribution in [0.3, 0.4) is 0 Å². The minimum absolute atomic E-state index is 0.0525. The third-order valence-corrected chi connectivity index (χ3v) is 5.86. The van der Waals surface area contributed by atoms with Gasteiger partial charge in [0.15, 0.2) is 0 Å². The molecule has 2 aliphatic rings. The number of halogens is 1. The van der Waals surface area contributed by atoms with Crippen molar-refractivity contribution in [1.82, 2.24) is 4.90 Å². The molecular weight excluding hydrogens is 357 g/mol. The molecule has 1 saturated heterocycles. The normalized spacial score (nSPS) is 19.2. The number of aryl methyl sites for hydroxylation is 1. The Morgan fingerprint density at radius 2 is 1.86 bits per heavy atom. The Balaban J connectivity index is 1.49. The maximum absolute atomic E-state index is 13.5. The Labute approximate surface area is 164 Å². The first kappa shape index (κ1) is 18.5. The van der Waals surface area contributed by atoms with Crippen LogP contribution < -0.4 is 10.2 Å². The third kappa shape index (κ3) is 3.35. The molecule has 2 aliphatic heterocycles. The summed E-state index contributed by atoms with van der Waals surface area (Å²) in [5.41, 5.74) is 4.84. The maximum Gasteiger partial charge on any atom is 0.230 e. The van der Waals surface area contributed by atoms with Crippen molar-refractivity contribution >= 4 is 23.2 Å². The van der Waals surface area contributed by atoms with Crippen LogP contribution in [0.4, 0.5) is 15.8 Å². The van der Waals surface area contributed by atoms with Crippen LogP contribution in [-0.2, 0) is 9.59 Å². The molecule has 0 aliphatic carbocycles. The van der Waals surface area contributed by atoms with Crippen molar-refractivity contribution in [2.45, 2.75) is 26.2 Å². The van der Waals surface area contributed by atoms with E-state index in [-0.39, 0.29) is 18.2 Å². The molecule has 4 rings (SSSR count). The monoisotopic (exact) mass is 381 g/mol. The van der Waals surface area contributed by atoms with Crippen LogP contribution in [0.1, 0.15) is 29.0 Å². The Kier molecular flexibility index (Phi) is 4.79. The van der Waals surface area contributed by atoms with E-state index < -0.39 is 11.7 Å². The molecule has 1 fully saturated rings. The highest BCUT2D eigenvalue weighted by Gasteiger charge is 2.35. The molecule has 0 radical (unpaired) electrons. The number of benzene rings is 2. The molecule has 1 atom stereocenters. The Bertz CT molecular complexity index is 935. The molecule has 0 spiro atoms. The summed E-state index contributed by atoms with van der Waals surface area (Å²) in [4.78, 5) is 29.3. The number of rotatable bonds is 2. The lowest BCUT2D eigenvalue weighted by Gasteiger charge is -2.39. The number of fused-ring (bicyclic) bond motifs is 1. The molecule has 28 heavy (non-hydrogen) atoms. The van der Waals surface area contributed by atoms with Crippen molar-refractivity contribution in [3.05, 3.63) is 58.9 Å². The van der Waals surface area contributed by atoms with Crippen molar-refractivity contribution in [3.63, 3.8) is 0 Å². The molecule has 2 aromatic rings. The van der Waals surface area contributed by atoms with Crippen molar-refractivity contribution in [1.29, 1.82) is 0 Å². The fourth-order valence-corrected chi connectivity index (χ4v) is 4.12. The largest absolute Gasteiger partial charge is 0.368 e. The molecule has 1 unspecified atom stereocenters. The molecule has 146 valence electrons.